The van der Waals surface area contributed by atoms with Crippen molar-refractivity contribution in [3.8, 4) is 0 Å². The summed E-state index contributed by atoms with van der Waals surface area (Å²) in [5, 5.41) is 16.5. The first-order valence-electron chi connectivity index (χ1n) is 2.61. The third-order valence-corrected chi connectivity index (χ3v) is 1.21. The molecule has 4 nitrogen and oxygen atoms in total. The van der Waals surface area contributed by atoms with Crippen molar-refractivity contribution in [1.82, 2.24) is 0 Å². The Labute approximate surface area is 62.4 Å². The van der Waals surface area contributed by atoms with Gasteiger partial charge in [0.15, 0.2) is 5.92 Å². The molecule has 0 bridgehead atoms. The fourth-order valence-corrected chi connectivity index (χ4v) is 0.680. The van der Waals surface area contributed by atoms with E-state index in [4.69, 9.17) is 21.8 Å². The average Bonchev–Trinajstić information content (AvgIpc) is 1.81. The Bertz CT molecular complexity index is 131. The summed E-state index contributed by atoms with van der Waals surface area (Å²) in [6.07, 6.45) is -0.0355. The van der Waals surface area contributed by atoms with Crippen LogP contribution in [0.1, 0.15) is 6.42 Å². The molecule has 0 aromatic heterocycles. The molecule has 10 heavy (non-hydrogen) atoms. The standard InChI is InChI=1S/C5H7ClO4/c6-2-1-3(4(7)8)5(9)10/h3H,1-2H2,(H,7,8)(H,9,10). The summed E-state index contributed by atoms with van der Waals surface area (Å²) in [5.41, 5.74) is 0. The van der Waals surface area contributed by atoms with E-state index in [2.05, 4.69) is 0 Å². The summed E-state index contributed by atoms with van der Waals surface area (Å²) in [5.74, 6) is -4.00. The van der Waals surface area contributed by atoms with Crippen LogP contribution < -0.4 is 0 Å². The van der Waals surface area contributed by atoms with Gasteiger partial charge in [0.2, 0.25) is 0 Å². The minimum Gasteiger partial charge on any atom is -0.481 e. The Morgan fingerprint density at radius 1 is 1.30 bits per heavy atom. The van der Waals surface area contributed by atoms with Crippen molar-refractivity contribution in [3.05, 3.63) is 0 Å². The van der Waals surface area contributed by atoms with E-state index >= 15 is 0 Å². The molecular formula is C5H7ClO4. The molecule has 0 fully saturated rings. The van der Waals surface area contributed by atoms with E-state index in [1.54, 1.807) is 0 Å². The van der Waals surface area contributed by atoms with Gasteiger partial charge in [0.1, 0.15) is 0 Å². The van der Waals surface area contributed by atoms with E-state index < -0.39 is 17.9 Å². The quantitative estimate of drug-likeness (QED) is 0.468. The van der Waals surface area contributed by atoms with Crippen molar-refractivity contribution >= 4 is 23.5 Å². The number of hydrogen-bond donors (Lipinski definition) is 2. The maximum absolute atomic E-state index is 10.1. The summed E-state index contributed by atoms with van der Waals surface area (Å²) >= 11 is 5.16. The molecule has 0 aliphatic rings. The predicted molar refractivity (Wildman–Crippen MR) is 34.1 cm³/mol. The van der Waals surface area contributed by atoms with Crippen molar-refractivity contribution in [3.63, 3.8) is 0 Å². The number of hydrogen-bond acceptors (Lipinski definition) is 2. The Balaban J connectivity index is 3.98. The third kappa shape index (κ3) is 2.68. The number of aliphatic carboxylic acids is 2. The summed E-state index contributed by atoms with van der Waals surface area (Å²) < 4.78 is 0. The average molecular weight is 167 g/mol. The lowest BCUT2D eigenvalue weighted by atomic mass is 10.1. The van der Waals surface area contributed by atoms with Crippen molar-refractivity contribution in [2.24, 2.45) is 5.92 Å². The van der Waals surface area contributed by atoms with Crippen LogP contribution in [-0.2, 0) is 9.59 Å². The summed E-state index contributed by atoms with van der Waals surface area (Å²) in [6.45, 7) is 0. The van der Waals surface area contributed by atoms with Crippen LogP contribution in [0, 0.1) is 5.92 Å². The first-order chi connectivity index (χ1) is 4.59. The van der Waals surface area contributed by atoms with Crippen molar-refractivity contribution in [2.75, 3.05) is 5.88 Å². The Hall–Kier alpha value is -0.770. The second kappa shape index (κ2) is 4.11. The van der Waals surface area contributed by atoms with Gasteiger partial charge in [-0.05, 0) is 6.42 Å². The second-order valence-corrected chi connectivity index (χ2v) is 2.08. The molecule has 0 radical (unpaired) electrons. The molecule has 0 spiro atoms. The second-order valence-electron chi connectivity index (χ2n) is 1.71. The smallest absolute Gasteiger partial charge is 0.317 e. The van der Waals surface area contributed by atoms with Crippen LogP contribution in [0.5, 0.6) is 0 Å². The zero-order valence-electron chi connectivity index (χ0n) is 5.08. The van der Waals surface area contributed by atoms with E-state index in [9.17, 15) is 9.59 Å². The highest BCUT2D eigenvalue weighted by Gasteiger charge is 2.24. The first-order valence-corrected chi connectivity index (χ1v) is 3.14. The number of carboxylic acid groups (broad SMARTS) is 2. The lowest BCUT2D eigenvalue weighted by Gasteiger charge is -2.02. The first kappa shape index (κ1) is 9.23. The predicted octanol–water partition coefficient (Wildman–Crippen LogP) is 0.401. The molecule has 0 aromatic rings. The van der Waals surface area contributed by atoms with Crippen LogP contribution in [0.2, 0.25) is 0 Å². The molecule has 0 amide bonds. The fourth-order valence-electron chi connectivity index (χ4n) is 0.462. The van der Waals surface area contributed by atoms with Gasteiger partial charge in [-0.15, -0.1) is 11.6 Å². The lowest BCUT2D eigenvalue weighted by Crippen LogP contribution is -2.23. The third-order valence-electron chi connectivity index (χ3n) is 0.994. The van der Waals surface area contributed by atoms with E-state index in [1.807, 2.05) is 0 Å². The van der Waals surface area contributed by atoms with Crippen LogP contribution in [0.4, 0.5) is 0 Å². The summed E-state index contributed by atoms with van der Waals surface area (Å²) in [6, 6.07) is 0. The monoisotopic (exact) mass is 166 g/mol. The molecule has 58 valence electrons. The van der Waals surface area contributed by atoms with Gasteiger partial charge in [-0.25, -0.2) is 0 Å². The molecule has 2 N–H and O–H groups in total. The minimum absolute atomic E-state index is 0.0355. The van der Waals surface area contributed by atoms with Gasteiger partial charge < -0.3 is 10.2 Å². The molecule has 0 aliphatic carbocycles. The molecule has 0 heterocycles. The van der Waals surface area contributed by atoms with Gasteiger partial charge in [-0.2, -0.15) is 0 Å². The molecule has 0 saturated carbocycles. The molecule has 0 aliphatic heterocycles. The topological polar surface area (TPSA) is 74.6 Å². The van der Waals surface area contributed by atoms with Crippen LogP contribution in [0.25, 0.3) is 0 Å². The number of carbonyl (C=O) groups is 2. The van der Waals surface area contributed by atoms with Gasteiger partial charge in [0.25, 0.3) is 0 Å². The zero-order chi connectivity index (χ0) is 8.15. The lowest BCUT2D eigenvalue weighted by molar-refractivity contribution is -0.154. The molecule has 0 aromatic carbocycles. The number of rotatable bonds is 4. The zero-order valence-corrected chi connectivity index (χ0v) is 5.84. The highest BCUT2D eigenvalue weighted by molar-refractivity contribution is 6.18. The van der Waals surface area contributed by atoms with Crippen LogP contribution in [-0.4, -0.2) is 28.0 Å². The van der Waals surface area contributed by atoms with Gasteiger partial charge in [0.05, 0.1) is 0 Å². The summed E-state index contributed by atoms with van der Waals surface area (Å²) in [7, 11) is 0. The van der Waals surface area contributed by atoms with Crippen LogP contribution in [0.3, 0.4) is 0 Å². The molecule has 5 heteroatoms. The fraction of sp³-hybridized carbons (Fsp3) is 0.600. The van der Waals surface area contributed by atoms with Gasteiger partial charge in [-0.1, -0.05) is 0 Å². The van der Waals surface area contributed by atoms with Gasteiger partial charge >= 0.3 is 11.9 Å². The van der Waals surface area contributed by atoms with Crippen LogP contribution >= 0.6 is 11.6 Å². The van der Waals surface area contributed by atoms with E-state index in [1.165, 1.54) is 0 Å². The maximum atomic E-state index is 10.1. The molecule has 0 atom stereocenters. The minimum atomic E-state index is -1.36. The van der Waals surface area contributed by atoms with Crippen molar-refractivity contribution < 1.29 is 19.8 Å². The molecular weight excluding hydrogens is 160 g/mol. The van der Waals surface area contributed by atoms with E-state index in [0.717, 1.165) is 0 Å². The molecule has 0 rings (SSSR count). The SMILES string of the molecule is O=C(O)C(CCCl)C(=O)O. The van der Waals surface area contributed by atoms with E-state index in [-0.39, 0.29) is 12.3 Å². The highest BCUT2D eigenvalue weighted by Crippen LogP contribution is 2.04. The Morgan fingerprint density at radius 2 is 1.70 bits per heavy atom. The van der Waals surface area contributed by atoms with Crippen LogP contribution in [0.15, 0.2) is 0 Å². The number of carboxylic acids is 2. The Morgan fingerprint density at radius 3 is 1.80 bits per heavy atom. The number of alkyl halides is 1. The van der Waals surface area contributed by atoms with Gasteiger partial charge in [0, 0.05) is 5.88 Å². The van der Waals surface area contributed by atoms with Gasteiger partial charge in [-0.3, -0.25) is 9.59 Å². The van der Waals surface area contributed by atoms with E-state index in [0.29, 0.717) is 0 Å². The normalized spacial score (nSPS) is 9.80. The van der Waals surface area contributed by atoms with Crippen molar-refractivity contribution in [1.29, 1.82) is 0 Å². The Kier molecular flexibility index (Phi) is 3.79. The summed E-state index contributed by atoms with van der Waals surface area (Å²) in [4.78, 5) is 20.2. The number of halogens is 1. The molecule has 0 unspecified atom stereocenters. The highest BCUT2D eigenvalue weighted by atomic mass is 35.5. The largest absolute Gasteiger partial charge is 0.481 e. The maximum Gasteiger partial charge on any atom is 0.317 e. The molecule has 0 saturated heterocycles. The van der Waals surface area contributed by atoms with Crippen molar-refractivity contribution in [2.45, 2.75) is 6.42 Å².